The van der Waals surface area contributed by atoms with Crippen LogP contribution in [0.15, 0.2) is 59.4 Å². The van der Waals surface area contributed by atoms with E-state index >= 15 is 0 Å². The number of nitrogens with zero attached hydrogens (tertiary/aromatic N) is 2. The first-order valence-corrected chi connectivity index (χ1v) is 7.66. The Morgan fingerprint density at radius 3 is 2.56 bits per heavy atom. The first-order valence-electron chi connectivity index (χ1n) is 7.66. The maximum atomic E-state index is 13.9. The topological polar surface area (TPSA) is 53.4 Å². The molecule has 5 nitrogen and oxygen atoms in total. The van der Waals surface area contributed by atoms with Crippen LogP contribution in [-0.4, -0.2) is 24.0 Å². The van der Waals surface area contributed by atoms with Crippen LogP contribution in [0.1, 0.15) is 5.56 Å². The maximum absolute atomic E-state index is 13.9. The van der Waals surface area contributed by atoms with Crippen molar-refractivity contribution in [2.24, 2.45) is 0 Å². The van der Waals surface area contributed by atoms with E-state index in [9.17, 15) is 9.18 Å². The van der Waals surface area contributed by atoms with Gasteiger partial charge in [0.25, 0.3) is 5.56 Å². The summed E-state index contributed by atoms with van der Waals surface area (Å²) in [6.07, 6.45) is 0. The van der Waals surface area contributed by atoms with Crippen LogP contribution in [-0.2, 0) is 6.54 Å². The monoisotopic (exact) mass is 340 g/mol. The Hall–Kier alpha value is -3.15. The molecule has 2 aromatic carbocycles. The van der Waals surface area contributed by atoms with Crippen molar-refractivity contribution in [3.63, 3.8) is 0 Å². The van der Waals surface area contributed by atoms with Gasteiger partial charge in [0.15, 0.2) is 0 Å². The highest BCUT2D eigenvalue weighted by Crippen LogP contribution is 2.31. The Bertz CT molecular complexity index is 953. The fraction of sp³-hybridized carbons (Fsp3) is 0.158. The third-order valence-electron chi connectivity index (χ3n) is 3.83. The summed E-state index contributed by atoms with van der Waals surface area (Å²) >= 11 is 0. The van der Waals surface area contributed by atoms with E-state index in [2.05, 4.69) is 5.10 Å². The van der Waals surface area contributed by atoms with Crippen LogP contribution in [0.3, 0.4) is 0 Å². The third kappa shape index (κ3) is 3.52. The zero-order chi connectivity index (χ0) is 17.8. The van der Waals surface area contributed by atoms with Gasteiger partial charge in [-0.1, -0.05) is 18.2 Å². The van der Waals surface area contributed by atoms with E-state index in [0.29, 0.717) is 28.3 Å². The highest BCUT2D eigenvalue weighted by Gasteiger charge is 2.11. The zero-order valence-corrected chi connectivity index (χ0v) is 13.9. The van der Waals surface area contributed by atoms with E-state index in [1.54, 1.807) is 56.7 Å². The summed E-state index contributed by atoms with van der Waals surface area (Å²) in [6.45, 7) is 0.0534. The van der Waals surface area contributed by atoms with Gasteiger partial charge in [0.1, 0.15) is 17.3 Å². The van der Waals surface area contributed by atoms with Crippen LogP contribution in [0.2, 0.25) is 0 Å². The fourth-order valence-electron chi connectivity index (χ4n) is 2.50. The summed E-state index contributed by atoms with van der Waals surface area (Å²) in [5.74, 6) is 0.854. The minimum Gasteiger partial charge on any atom is -0.497 e. The van der Waals surface area contributed by atoms with Gasteiger partial charge in [-0.3, -0.25) is 4.79 Å². The molecule has 1 heterocycles. The molecule has 0 unspecified atom stereocenters. The Labute approximate surface area is 144 Å². The first-order chi connectivity index (χ1) is 12.1. The van der Waals surface area contributed by atoms with E-state index < -0.39 is 0 Å². The van der Waals surface area contributed by atoms with Gasteiger partial charge in [0.2, 0.25) is 0 Å². The number of halogens is 1. The number of ether oxygens (including phenoxy) is 2. The fourth-order valence-corrected chi connectivity index (χ4v) is 2.50. The van der Waals surface area contributed by atoms with Crippen molar-refractivity contribution in [1.82, 2.24) is 9.78 Å². The second-order valence-electron chi connectivity index (χ2n) is 5.37. The standard InChI is InChI=1S/C19H17FN2O3/c1-24-14-7-8-15(18(11-14)25-2)17-9-10-19(23)22(21-17)12-13-5-3-4-6-16(13)20/h3-11H,12H2,1-2H3. The molecule has 0 atom stereocenters. The lowest BCUT2D eigenvalue weighted by molar-refractivity contribution is 0.395. The molecule has 3 aromatic rings. The number of aromatic nitrogens is 2. The molecule has 0 saturated carbocycles. The summed E-state index contributed by atoms with van der Waals surface area (Å²) < 4.78 is 25.7. The lowest BCUT2D eigenvalue weighted by atomic mass is 10.1. The molecule has 0 aliphatic carbocycles. The van der Waals surface area contributed by atoms with Gasteiger partial charge in [0, 0.05) is 23.3 Å². The van der Waals surface area contributed by atoms with Crippen molar-refractivity contribution < 1.29 is 13.9 Å². The van der Waals surface area contributed by atoms with Gasteiger partial charge in [-0.05, 0) is 24.3 Å². The smallest absolute Gasteiger partial charge is 0.267 e. The van der Waals surface area contributed by atoms with Crippen molar-refractivity contribution in [2.45, 2.75) is 6.54 Å². The SMILES string of the molecule is COc1ccc(-c2ccc(=O)n(Cc3ccccc3F)n2)c(OC)c1. The molecular weight excluding hydrogens is 323 g/mol. The second-order valence-corrected chi connectivity index (χ2v) is 5.37. The zero-order valence-electron chi connectivity index (χ0n) is 13.9. The van der Waals surface area contributed by atoms with E-state index in [1.165, 1.54) is 16.8 Å². The summed E-state index contributed by atoms with van der Waals surface area (Å²) in [5, 5.41) is 4.36. The minimum atomic E-state index is -0.372. The lowest BCUT2D eigenvalue weighted by Gasteiger charge is -2.12. The Morgan fingerprint density at radius 2 is 1.84 bits per heavy atom. The molecule has 0 saturated heterocycles. The molecule has 128 valence electrons. The molecule has 0 N–H and O–H groups in total. The summed E-state index contributed by atoms with van der Waals surface area (Å²) in [6, 6.07) is 14.7. The van der Waals surface area contributed by atoms with Crippen molar-refractivity contribution >= 4 is 0 Å². The molecular formula is C19H17FN2O3. The average molecular weight is 340 g/mol. The van der Waals surface area contributed by atoms with Crippen LogP contribution in [0.4, 0.5) is 4.39 Å². The van der Waals surface area contributed by atoms with Gasteiger partial charge in [-0.2, -0.15) is 5.10 Å². The summed E-state index contributed by atoms with van der Waals surface area (Å²) in [4.78, 5) is 12.1. The predicted octanol–water partition coefficient (Wildman–Crippen LogP) is 3.11. The molecule has 25 heavy (non-hydrogen) atoms. The number of hydrogen-bond acceptors (Lipinski definition) is 4. The quantitative estimate of drug-likeness (QED) is 0.716. The summed E-state index contributed by atoms with van der Waals surface area (Å²) in [7, 11) is 3.12. The molecule has 0 aliphatic heterocycles. The average Bonchev–Trinajstić information content (AvgIpc) is 2.64. The van der Waals surface area contributed by atoms with Crippen LogP contribution < -0.4 is 15.0 Å². The first kappa shape index (κ1) is 16.7. The maximum Gasteiger partial charge on any atom is 0.267 e. The van der Waals surface area contributed by atoms with E-state index in [0.717, 1.165) is 0 Å². The van der Waals surface area contributed by atoms with Crippen molar-refractivity contribution in [1.29, 1.82) is 0 Å². The van der Waals surface area contributed by atoms with Crippen LogP contribution in [0, 0.1) is 5.82 Å². The van der Waals surface area contributed by atoms with Gasteiger partial charge < -0.3 is 9.47 Å². The third-order valence-corrected chi connectivity index (χ3v) is 3.83. The van der Waals surface area contributed by atoms with Crippen LogP contribution in [0.25, 0.3) is 11.3 Å². The number of hydrogen-bond donors (Lipinski definition) is 0. The molecule has 6 heteroatoms. The molecule has 3 rings (SSSR count). The molecule has 0 amide bonds. The Morgan fingerprint density at radius 1 is 1.04 bits per heavy atom. The van der Waals surface area contributed by atoms with Gasteiger partial charge >= 0.3 is 0 Å². The van der Waals surface area contributed by atoms with Crippen LogP contribution in [0.5, 0.6) is 11.5 Å². The molecule has 1 aromatic heterocycles. The number of benzene rings is 2. The molecule has 0 radical (unpaired) electrons. The highest BCUT2D eigenvalue weighted by atomic mass is 19.1. The van der Waals surface area contributed by atoms with Crippen molar-refractivity contribution in [3.8, 4) is 22.8 Å². The molecule has 0 fully saturated rings. The predicted molar refractivity (Wildman–Crippen MR) is 92.5 cm³/mol. The van der Waals surface area contributed by atoms with E-state index in [4.69, 9.17) is 9.47 Å². The normalized spacial score (nSPS) is 10.5. The molecule has 0 spiro atoms. The molecule has 0 bridgehead atoms. The lowest BCUT2D eigenvalue weighted by Crippen LogP contribution is -2.23. The van der Waals surface area contributed by atoms with E-state index in [-0.39, 0.29) is 17.9 Å². The Balaban J connectivity index is 2.03. The molecule has 0 aliphatic rings. The highest BCUT2D eigenvalue weighted by molar-refractivity contribution is 5.68. The summed E-state index contributed by atoms with van der Waals surface area (Å²) in [5.41, 5.74) is 1.36. The van der Waals surface area contributed by atoms with Gasteiger partial charge in [-0.15, -0.1) is 0 Å². The van der Waals surface area contributed by atoms with Gasteiger partial charge in [-0.25, -0.2) is 9.07 Å². The van der Waals surface area contributed by atoms with E-state index in [1.807, 2.05) is 0 Å². The van der Waals surface area contributed by atoms with Crippen LogP contribution >= 0.6 is 0 Å². The second kappa shape index (κ2) is 7.17. The largest absolute Gasteiger partial charge is 0.497 e. The Kier molecular flexibility index (Phi) is 4.79. The minimum absolute atomic E-state index is 0.0534. The van der Waals surface area contributed by atoms with Crippen molar-refractivity contribution in [2.75, 3.05) is 14.2 Å². The number of methoxy groups -OCH3 is 2. The number of rotatable bonds is 5. The van der Waals surface area contributed by atoms with Gasteiger partial charge in [0.05, 0.1) is 26.5 Å². The van der Waals surface area contributed by atoms with Crippen molar-refractivity contribution in [3.05, 3.63) is 76.3 Å².